The van der Waals surface area contributed by atoms with E-state index in [1.54, 1.807) is 12.1 Å². The smallest absolute Gasteiger partial charge is 0.325 e. The molecule has 1 aromatic rings. The number of nitrogens with two attached hydrogens (primary N) is 2. The number of aliphatic carboxylic acids is 1. The number of carboxylic acid groups (broad SMARTS) is 1. The van der Waals surface area contributed by atoms with Crippen molar-refractivity contribution in [3.05, 3.63) is 29.8 Å². The Morgan fingerprint density at radius 3 is 2.09 bits per heavy atom. The Morgan fingerprint density at radius 2 is 1.55 bits per heavy atom. The van der Waals surface area contributed by atoms with Gasteiger partial charge in [-0.2, -0.15) is 12.6 Å². The molecule has 0 aliphatic heterocycles. The third kappa shape index (κ3) is 10.1. The van der Waals surface area contributed by atoms with E-state index in [0.29, 0.717) is 24.9 Å². The summed E-state index contributed by atoms with van der Waals surface area (Å²) in [5.41, 5.74) is 11.9. The Bertz CT molecular complexity index is 807. The highest BCUT2D eigenvalue weighted by Crippen LogP contribution is 2.12. The first kappa shape index (κ1) is 28.2. The molecule has 4 unspecified atom stereocenters. The van der Waals surface area contributed by atoms with E-state index in [0.717, 1.165) is 0 Å². The summed E-state index contributed by atoms with van der Waals surface area (Å²) in [5.74, 6) is -2.99. The molecule has 0 aromatic heterocycles. The minimum absolute atomic E-state index is 0.0464. The molecule has 12 heteroatoms. The lowest BCUT2D eigenvalue weighted by molar-refractivity contribution is -0.141. The summed E-state index contributed by atoms with van der Waals surface area (Å²) >= 11 is 3.99. The molecule has 184 valence electrons. The Balaban J connectivity index is 3.04. The highest BCUT2D eigenvalue weighted by Gasteiger charge is 2.29. The van der Waals surface area contributed by atoms with Gasteiger partial charge < -0.3 is 37.6 Å². The van der Waals surface area contributed by atoms with Crippen molar-refractivity contribution in [3.8, 4) is 5.75 Å². The molecule has 9 N–H and O–H groups in total. The molecule has 0 spiro atoms. The summed E-state index contributed by atoms with van der Waals surface area (Å²) in [6, 6.07) is 1.90. The number of nitrogens with one attached hydrogen (secondary N) is 3. The van der Waals surface area contributed by atoms with Crippen LogP contribution in [0.5, 0.6) is 5.75 Å². The van der Waals surface area contributed by atoms with Gasteiger partial charge in [-0.25, -0.2) is 0 Å². The van der Waals surface area contributed by atoms with Gasteiger partial charge in [0.05, 0.1) is 6.04 Å². The summed E-state index contributed by atoms with van der Waals surface area (Å²) in [6.45, 7) is 1.71. The van der Waals surface area contributed by atoms with E-state index in [4.69, 9.17) is 16.6 Å². The number of hydrogen-bond acceptors (Lipinski definition) is 8. The summed E-state index contributed by atoms with van der Waals surface area (Å²) in [4.78, 5) is 49.1. The number of thiol groups is 1. The number of carbonyl (C=O) groups excluding carboxylic acids is 3. The van der Waals surface area contributed by atoms with E-state index in [1.165, 1.54) is 19.1 Å². The molecule has 0 aliphatic rings. The SMILES string of the molecule is CC(NC(=O)C(CCCCN)NC(=O)C(Cc1ccc(O)cc1)NC(=O)C(N)CS)C(=O)O. The largest absolute Gasteiger partial charge is 0.508 e. The predicted octanol–water partition coefficient (Wildman–Crippen LogP) is -1.12. The molecular formula is C21H33N5O6S. The quantitative estimate of drug-likeness (QED) is 0.120. The highest BCUT2D eigenvalue weighted by molar-refractivity contribution is 7.80. The molecular weight excluding hydrogens is 450 g/mol. The van der Waals surface area contributed by atoms with Crippen molar-refractivity contribution < 1.29 is 29.4 Å². The van der Waals surface area contributed by atoms with Gasteiger partial charge in [-0.3, -0.25) is 19.2 Å². The molecule has 0 heterocycles. The van der Waals surface area contributed by atoms with Gasteiger partial charge in [0.1, 0.15) is 23.9 Å². The molecule has 1 rings (SSSR count). The van der Waals surface area contributed by atoms with E-state index < -0.39 is 47.9 Å². The molecule has 0 bridgehead atoms. The van der Waals surface area contributed by atoms with Crippen molar-refractivity contribution in [1.82, 2.24) is 16.0 Å². The third-order valence-electron chi connectivity index (χ3n) is 4.85. The zero-order valence-electron chi connectivity index (χ0n) is 18.5. The number of rotatable bonds is 14. The first-order chi connectivity index (χ1) is 15.6. The van der Waals surface area contributed by atoms with Crippen LogP contribution in [0.25, 0.3) is 0 Å². The van der Waals surface area contributed by atoms with Gasteiger partial charge in [0.25, 0.3) is 0 Å². The fourth-order valence-electron chi connectivity index (χ4n) is 2.85. The average molecular weight is 484 g/mol. The van der Waals surface area contributed by atoms with E-state index in [1.807, 2.05) is 0 Å². The van der Waals surface area contributed by atoms with Crippen LogP contribution < -0.4 is 27.4 Å². The summed E-state index contributed by atoms with van der Waals surface area (Å²) in [6.07, 6.45) is 1.44. The molecule has 3 amide bonds. The normalized spacial score (nSPS) is 14.4. The zero-order valence-corrected chi connectivity index (χ0v) is 19.4. The molecule has 11 nitrogen and oxygen atoms in total. The summed E-state index contributed by atoms with van der Waals surface area (Å²) in [5, 5.41) is 26.0. The van der Waals surface area contributed by atoms with Gasteiger partial charge in [-0.05, 0) is 50.4 Å². The van der Waals surface area contributed by atoms with E-state index in [9.17, 15) is 24.3 Å². The molecule has 0 radical (unpaired) electrons. The van der Waals surface area contributed by atoms with Crippen molar-refractivity contribution >= 4 is 36.3 Å². The Hall–Kier alpha value is -2.83. The molecule has 0 saturated heterocycles. The Morgan fingerprint density at radius 1 is 0.970 bits per heavy atom. The zero-order chi connectivity index (χ0) is 25.0. The maximum atomic E-state index is 13.1. The van der Waals surface area contributed by atoms with Crippen LogP contribution in [0.1, 0.15) is 31.7 Å². The number of carboxylic acids is 1. The number of hydrogen-bond donors (Lipinski definition) is 8. The first-order valence-electron chi connectivity index (χ1n) is 10.6. The number of phenolic OH excluding ortho intramolecular Hbond substituents is 1. The maximum Gasteiger partial charge on any atom is 0.325 e. The summed E-state index contributed by atoms with van der Waals surface area (Å²) < 4.78 is 0. The van der Waals surface area contributed by atoms with Crippen molar-refractivity contribution in [2.24, 2.45) is 11.5 Å². The van der Waals surface area contributed by atoms with Crippen molar-refractivity contribution in [2.45, 2.75) is 56.8 Å². The second kappa shape index (κ2) is 14.3. The van der Waals surface area contributed by atoms with Crippen molar-refractivity contribution in [2.75, 3.05) is 12.3 Å². The number of unbranched alkanes of at least 4 members (excludes halogenated alkanes) is 1. The van der Waals surface area contributed by atoms with Gasteiger partial charge in [-0.15, -0.1) is 0 Å². The molecule has 1 aromatic carbocycles. The third-order valence-corrected chi connectivity index (χ3v) is 5.25. The number of benzene rings is 1. The summed E-state index contributed by atoms with van der Waals surface area (Å²) in [7, 11) is 0. The second-order valence-electron chi connectivity index (χ2n) is 7.63. The Kier molecular flexibility index (Phi) is 12.3. The van der Waals surface area contributed by atoms with Gasteiger partial charge in [-0.1, -0.05) is 12.1 Å². The van der Waals surface area contributed by atoms with Crippen LogP contribution in [0.3, 0.4) is 0 Å². The van der Waals surface area contributed by atoms with Crippen LogP contribution in [0.4, 0.5) is 0 Å². The topological polar surface area (TPSA) is 197 Å². The fraction of sp³-hybridized carbons (Fsp3) is 0.524. The van der Waals surface area contributed by atoms with E-state index >= 15 is 0 Å². The number of aromatic hydroxyl groups is 1. The van der Waals surface area contributed by atoms with Gasteiger partial charge >= 0.3 is 5.97 Å². The fourth-order valence-corrected chi connectivity index (χ4v) is 3.01. The lowest BCUT2D eigenvalue weighted by Crippen LogP contribution is -2.57. The number of phenols is 1. The minimum atomic E-state index is -1.21. The van der Waals surface area contributed by atoms with Crippen LogP contribution in [0.2, 0.25) is 0 Å². The van der Waals surface area contributed by atoms with E-state index in [2.05, 4.69) is 28.6 Å². The highest BCUT2D eigenvalue weighted by atomic mass is 32.1. The molecule has 33 heavy (non-hydrogen) atoms. The van der Waals surface area contributed by atoms with Gasteiger partial charge in [0.15, 0.2) is 0 Å². The lowest BCUT2D eigenvalue weighted by Gasteiger charge is -2.25. The van der Waals surface area contributed by atoms with Crippen LogP contribution in [-0.2, 0) is 25.6 Å². The molecule has 0 saturated carbocycles. The molecule has 0 aliphatic carbocycles. The minimum Gasteiger partial charge on any atom is -0.508 e. The van der Waals surface area contributed by atoms with Crippen molar-refractivity contribution in [1.29, 1.82) is 0 Å². The number of amides is 3. The number of carbonyl (C=O) groups is 4. The van der Waals surface area contributed by atoms with Crippen LogP contribution in [0.15, 0.2) is 24.3 Å². The monoisotopic (exact) mass is 483 g/mol. The Labute approximate surface area is 198 Å². The van der Waals surface area contributed by atoms with Gasteiger partial charge in [0.2, 0.25) is 17.7 Å². The standard InChI is InChI=1S/C21H33N5O6S/c1-12(21(31)32)24-19(29)16(4-2-3-9-22)25-20(30)17(26-18(28)15(23)11-33)10-13-5-7-14(27)8-6-13/h5-8,12,15-17,27,33H,2-4,9-11,22-23H2,1H3,(H,24,29)(H,25,30)(H,26,28)(H,31,32). The van der Waals surface area contributed by atoms with Crippen molar-refractivity contribution in [3.63, 3.8) is 0 Å². The lowest BCUT2D eigenvalue weighted by atomic mass is 10.0. The molecule has 0 fully saturated rings. The van der Waals surface area contributed by atoms with Crippen LogP contribution >= 0.6 is 12.6 Å². The predicted molar refractivity (Wildman–Crippen MR) is 126 cm³/mol. The van der Waals surface area contributed by atoms with Gasteiger partial charge in [0, 0.05) is 12.2 Å². The van der Waals surface area contributed by atoms with Crippen LogP contribution in [-0.4, -0.2) is 70.4 Å². The van der Waals surface area contributed by atoms with E-state index in [-0.39, 0.29) is 24.3 Å². The molecule has 4 atom stereocenters. The maximum absolute atomic E-state index is 13.1. The average Bonchev–Trinajstić information content (AvgIpc) is 2.78. The first-order valence-corrected chi connectivity index (χ1v) is 11.2. The second-order valence-corrected chi connectivity index (χ2v) is 8.00. The van der Waals surface area contributed by atoms with Crippen LogP contribution in [0, 0.1) is 0 Å².